The summed E-state index contributed by atoms with van der Waals surface area (Å²) in [6.45, 7) is 1.84. The number of nitrogens with zero attached hydrogens (tertiary/aromatic N) is 3. The average molecular weight is 434 g/mol. The average Bonchev–Trinajstić information content (AvgIpc) is 3.10. The van der Waals surface area contributed by atoms with Crippen LogP contribution in [0, 0.1) is 11.6 Å². The lowest BCUT2D eigenvalue weighted by atomic mass is 10.3. The number of halogens is 2. The van der Waals surface area contributed by atoms with Crippen molar-refractivity contribution in [1.82, 2.24) is 14.8 Å². The second-order valence-electron chi connectivity index (χ2n) is 6.30. The van der Waals surface area contributed by atoms with Gasteiger partial charge in [-0.25, -0.2) is 8.78 Å². The molecule has 0 aliphatic rings. The summed E-state index contributed by atoms with van der Waals surface area (Å²) in [4.78, 5) is 12.1. The van der Waals surface area contributed by atoms with E-state index in [1.807, 2.05) is 6.92 Å². The van der Waals surface area contributed by atoms with Crippen molar-refractivity contribution < 1.29 is 23.0 Å². The van der Waals surface area contributed by atoms with E-state index in [1.54, 1.807) is 43.0 Å². The third kappa shape index (κ3) is 5.26. The fraction of sp³-hybridized carbons (Fsp3) is 0.250. The Bertz CT molecular complexity index is 1030. The maximum absolute atomic E-state index is 13.6. The van der Waals surface area contributed by atoms with Crippen molar-refractivity contribution in [3.05, 3.63) is 59.9 Å². The molecule has 1 atom stereocenters. The number of anilines is 1. The van der Waals surface area contributed by atoms with Gasteiger partial charge in [-0.1, -0.05) is 11.8 Å². The van der Waals surface area contributed by atoms with Crippen LogP contribution in [0.3, 0.4) is 0 Å². The van der Waals surface area contributed by atoms with Gasteiger partial charge in [-0.2, -0.15) is 0 Å². The number of aromatic nitrogens is 3. The van der Waals surface area contributed by atoms with Crippen LogP contribution in [0.25, 0.3) is 0 Å². The molecular formula is C20H20F2N4O3S. The molecule has 1 unspecified atom stereocenters. The Morgan fingerprint density at radius 2 is 1.87 bits per heavy atom. The zero-order chi connectivity index (χ0) is 21.7. The van der Waals surface area contributed by atoms with E-state index in [0.717, 1.165) is 35.7 Å². The van der Waals surface area contributed by atoms with Crippen LogP contribution < -0.4 is 14.8 Å². The van der Waals surface area contributed by atoms with E-state index in [2.05, 4.69) is 15.5 Å². The minimum atomic E-state index is -0.708. The van der Waals surface area contributed by atoms with Crippen LogP contribution in [-0.2, 0) is 11.8 Å². The van der Waals surface area contributed by atoms with Crippen molar-refractivity contribution in [2.24, 2.45) is 7.05 Å². The summed E-state index contributed by atoms with van der Waals surface area (Å²) in [6.07, 6.45) is -0.388. The van der Waals surface area contributed by atoms with Crippen molar-refractivity contribution in [2.45, 2.75) is 18.2 Å². The van der Waals surface area contributed by atoms with Crippen LogP contribution in [0.4, 0.5) is 14.5 Å². The molecule has 0 saturated heterocycles. The molecule has 3 rings (SSSR count). The maximum Gasteiger partial charge on any atom is 0.234 e. The summed E-state index contributed by atoms with van der Waals surface area (Å²) in [5.41, 5.74) is -0.208. The Balaban J connectivity index is 1.59. The predicted molar refractivity (Wildman–Crippen MR) is 109 cm³/mol. The second-order valence-corrected chi connectivity index (χ2v) is 7.24. The van der Waals surface area contributed by atoms with Gasteiger partial charge >= 0.3 is 0 Å². The molecule has 1 amide bonds. The first-order valence-corrected chi connectivity index (χ1v) is 9.93. The second kappa shape index (κ2) is 9.57. The third-order valence-electron chi connectivity index (χ3n) is 4.14. The molecule has 0 spiro atoms. The van der Waals surface area contributed by atoms with Crippen LogP contribution in [0.2, 0.25) is 0 Å². The molecule has 7 nitrogen and oxygen atoms in total. The number of carbonyl (C=O) groups excluding carboxylic acids is 1. The largest absolute Gasteiger partial charge is 0.497 e. The standard InChI is InChI=1S/C20H20F2N4O3S/c1-12(29-15-7-5-14(28-3)6-8-15)19-24-25-20(26(19)2)30-11-18(27)23-17-10-13(21)4-9-16(17)22/h4-10,12H,11H2,1-3H3,(H,23,27). The lowest BCUT2D eigenvalue weighted by Crippen LogP contribution is -2.16. The molecule has 158 valence electrons. The van der Waals surface area contributed by atoms with E-state index >= 15 is 0 Å². The van der Waals surface area contributed by atoms with Crippen LogP contribution in [0.15, 0.2) is 47.6 Å². The summed E-state index contributed by atoms with van der Waals surface area (Å²) in [5, 5.41) is 11.0. The zero-order valence-electron chi connectivity index (χ0n) is 16.6. The zero-order valence-corrected chi connectivity index (χ0v) is 17.4. The Kier molecular flexibility index (Phi) is 6.88. The molecule has 30 heavy (non-hydrogen) atoms. The fourth-order valence-electron chi connectivity index (χ4n) is 2.63. The lowest BCUT2D eigenvalue weighted by molar-refractivity contribution is -0.113. The number of benzene rings is 2. The molecule has 1 heterocycles. The number of amides is 1. The van der Waals surface area contributed by atoms with Gasteiger partial charge in [0, 0.05) is 13.1 Å². The Morgan fingerprint density at radius 1 is 1.17 bits per heavy atom. The summed E-state index contributed by atoms with van der Waals surface area (Å²) in [6, 6.07) is 10.0. The SMILES string of the molecule is COc1ccc(OC(C)c2nnc(SCC(=O)Nc3cc(F)ccc3F)n2C)cc1. The minimum Gasteiger partial charge on any atom is -0.497 e. The van der Waals surface area contributed by atoms with Crippen molar-refractivity contribution >= 4 is 23.4 Å². The lowest BCUT2D eigenvalue weighted by Gasteiger charge is -2.14. The van der Waals surface area contributed by atoms with Gasteiger partial charge in [0.05, 0.1) is 18.6 Å². The molecule has 0 bridgehead atoms. The highest BCUT2D eigenvalue weighted by Gasteiger charge is 2.18. The molecule has 1 aromatic heterocycles. The number of hydrogen-bond donors (Lipinski definition) is 1. The predicted octanol–water partition coefficient (Wildman–Crippen LogP) is 3.97. The normalized spacial score (nSPS) is 11.8. The van der Waals surface area contributed by atoms with Gasteiger partial charge in [0.15, 0.2) is 17.1 Å². The van der Waals surface area contributed by atoms with Crippen LogP contribution in [0.1, 0.15) is 18.9 Å². The van der Waals surface area contributed by atoms with Gasteiger partial charge in [0.2, 0.25) is 5.91 Å². The molecule has 1 N–H and O–H groups in total. The number of rotatable bonds is 8. The molecule has 0 radical (unpaired) electrons. The van der Waals surface area contributed by atoms with E-state index in [9.17, 15) is 13.6 Å². The monoisotopic (exact) mass is 434 g/mol. The Labute approximate surface area is 176 Å². The van der Waals surface area contributed by atoms with Gasteiger partial charge < -0.3 is 19.4 Å². The molecule has 0 aliphatic heterocycles. The van der Waals surface area contributed by atoms with Gasteiger partial charge in [-0.05, 0) is 43.3 Å². The number of hydrogen-bond acceptors (Lipinski definition) is 6. The number of methoxy groups -OCH3 is 1. The highest BCUT2D eigenvalue weighted by Crippen LogP contribution is 2.25. The first-order chi connectivity index (χ1) is 14.4. The van der Waals surface area contributed by atoms with E-state index in [1.165, 1.54) is 0 Å². The summed E-state index contributed by atoms with van der Waals surface area (Å²) < 4.78 is 39.6. The number of carbonyl (C=O) groups is 1. The van der Waals surface area contributed by atoms with E-state index in [0.29, 0.717) is 16.7 Å². The maximum atomic E-state index is 13.6. The van der Waals surface area contributed by atoms with Gasteiger partial charge in [-0.15, -0.1) is 10.2 Å². The molecular weight excluding hydrogens is 414 g/mol. The van der Waals surface area contributed by atoms with E-state index < -0.39 is 17.5 Å². The first-order valence-electron chi connectivity index (χ1n) is 8.95. The van der Waals surface area contributed by atoms with Crippen LogP contribution >= 0.6 is 11.8 Å². The quantitative estimate of drug-likeness (QED) is 0.541. The Hall–Kier alpha value is -3.14. The molecule has 0 saturated carbocycles. The number of thioether (sulfide) groups is 1. The van der Waals surface area contributed by atoms with Crippen molar-refractivity contribution in [3.8, 4) is 11.5 Å². The van der Waals surface area contributed by atoms with Crippen molar-refractivity contribution in [3.63, 3.8) is 0 Å². The van der Waals surface area contributed by atoms with Crippen LogP contribution in [-0.4, -0.2) is 33.5 Å². The smallest absolute Gasteiger partial charge is 0.234 e. The van der Waals surface area contributed by atoms with Crippen LogP contribution in [0.5, 0.6) is 11.5 Å². The topological polar surface area (TPSA) is 78.3 Å². The molecule has 0 aliphatic carbocycles. The highest BCUT2D eigenvalue weighted by atomic mass is 32.2. The molecule has 3 aromatic rings. The molecule has 0 fully saturated rings. The Morgan fingerprint density at radius 3 is 2.57 bits per heavy atom. The van der Waals surface area contributed by atoms with Gasteiger partial charge in [0.25, 0.3) is 0 Å². The van der Waals surface area contributed by atoms with E-state index in [-0.39, 0.29) is 17.5 Å². The van der Waals surface area contributed by atoms with Gasteiger partial charge in [-0.3, -0.25) is 4.79 Å². The van der Waals surface area contributed by atoms with Crippen molar-refractivity contribution in [2.75, 3.05) is 18.2 Å². The fourth-order valence-corrected chi connectivity index (χ4v) is 3.34. The van der Waals surface area contributed by atoms with Crippen molar-refractivity contribution in [1.29, 1.82) is 0 Å². The number of nitrogens with one attached hydrogen (secondary N) is 1. The third-order valence-corrected chi connectivity index (χ3v) is 5.16. The molecule has 10 heteroatoms. The summed E-state index contributed by atoms with van der Waals surface area (Å²) in [5.74, 6) is 0.0703. The van der Waals surface area contributed by atoms with E-state index in [4.69, 9.17) is 9.47 Å². The van der Waals surface area contributed by atoms with Gasteiger partial charge in [0.1, 0.15) is 23.1 Å². The first kappa shape index (κ1) is 21.6. The highest BCUT2D eigenvalue weighted by molar-refractivity contribution is 7.99. The number of ether oxygens (including phenoxy) is 2. The summed E-state index contributed by atoms with van der Waals surface area (Å²) in [7, 11) is 3.35. The summed E-state index contributed by atoms with van der Waals surface area (Å²) >= 11 is 1.12. The minimum absolute atomic E-state index is 0.0460. The molecule has 2 aromatic carbocycles.